The molecule has 0 radical (unpaired) electrons. The number of carbonyl (C=O) groups excluding carboxylic acids is 2. The maximum atomic E-state index is 11.9. The first-order chi connectivity index (χ1) is 10.2. The molecule has 2 N–H and O–H groups in total. The van der Waals surface area contributed by atoms with Crippen molar-refractivity contribution in [2.45, 2.75) is 19.4 Å². The van der Waals surface area contributed by atoms with Gasteiger partial charge in [-0.05, 0) is 18.1 Å². The van der Waals surface area contributed by atoms with Crippen molar-refractivity contribution in [1.82, 2.24) is 10.3 Å². The predicted molar refractivity (Wildman–Crippen MR) is 78.8 cm³/mol. The minimum atomic E-state index is -0.189. The van der Waals surface area contributed by atoms with Gasteiger partial charge in [-0.3, -0.25) is 9.59 Å². The van der Waals surface area contributed by atoms with Crippen LogP contribution in [0.15, 0.2) is 42.5 Å². The number of pyridine rings is 1. The molecule has 1 aliphatic rings. The Morgan fingerprint density at radius 2 is 2.00 bits per heavy atom. The summed E-state index contributed by atoms with van der Waals surface area (Å²) in [5, 5.41) is 5.43. The first-order valence-corrected chi connectivity index (χ1v) is 6.84. The summed E-state index contributed by atoms with van der Waals surface area (Å²) in [7, 11) is 0. The Labute approximate surface area is 122 Å². The van der Waals surface area contributed by atoms with Gasteiger partial charge < -0.3 is 10.6 Å². The second kappa shape index (κ2) is 5.75. The van der Waals surface area contributed by atoms with Crippen molar-refractivity contribution >= 4 is 17.6 Å². The summed E-state index contributed by atoms with van der Waals surface area (Å²) in [6.07, 6.45) is 1.06. The Morgan fingerprint density at radius 3 is 2.81 bits per heavy atom. The summed E-state index contributed by atoms with van der Waals surface area (Å²) in [6.45, 7) is 0.503. The highest BCUT2D eigenvalue weighted by Gasteiger charge is 2.20. The van der Waals surface area contributed by atoms with Gasteiger partial charge in [0.05, 0.1) is 0 Å². The third-order valence-electron chi connectivity index (χ3n) is 3.38. The second-order valence-corrected chi connectivity index (χ2v) is 4.92. The lowest BCUT2D eigenvalue weighted by Crippen LogP contribution is -2.16. The number of aryl methyl sites for hydroxylation is 1. The van der Waals surface area contributed by atoms with Gasteiger partial charge in [-0.25, -0.2) is 4.98 Å². The van der Waals surface area contributed by atoms with E-state index < -0.39 is 0 Å². The molecule has 5 heteroatoms. The monoisotopic (exact) mass is 281 g/mol. The van der Waals surface area contributed by atoms with Crippen molar-refractivity contribution in [3.63, 3.8) is 0 Å². The van der Waals surface area contributed by atoms with Crippen LogP contribution >= 0.6 is 0 Å². The molecule has 0 unspecified atom stereocenters. The molecule has 0 atom stereocenters. The van der Waals surface area contributed by atoms with Crippen LogP contribution in [0.3, 0.4) is 0 Å². The number of aromatic nitrogens is 1. The zero-order chi connectivity index (χ0) is 14.7. The molecule has 0 spiro atoms. The van der Waals surface area contributed by atoms with Gasteiger partial charge in [0.15, 0.2) is 0 Å². The molecule has 0 aliphatic carbocycles. The highest BCUT2D eigenvalue weighted by Crippen LogP contribution is 2.16. The van der Waals surface area contributed by atoms with E-state index in [1.54, 1.807) is 6.07 Å². The lowest BCUT2D eigenvalue weighted by Gasteiger charge is -2.05. The fourth-order valence-electron chi connectivity index (χ4n) is 2.26. The number of nitrogens with zero attached hydrogens (tertiary/aromatic N) is 1. The quantitative estimate of drug-likeness (QED) is 0.899. The number of nitrogens with one attached hydrogen (secondary N) is 2. The molecule has 0 saturated heterocycles. The molecule has 0 saturated carbocycles. The molecule has 1 aromatic carbocycles. The van der Waals surface area contributed by atoms with E-state index in [9.17, 15) is 9.59 Å². The van der Waals surface area contributed by atoms with Gasteiger partial charge in [-0.2, -0.15) is 0 Å². The van der Waals surface area contributed by atoms with E-state index in [4.69, 9.17) is 0 Å². The molecule has 1 aromatic heterocycles. The van der Waals surface area contributed by atoms with Gasteiger partial charge in [0.1, 0.15) is 11.5 Å². The molecule has 2 aromatic rings. The minimum absolute atomic E-state index is 0.107. The lowest BCUT2D eigenvalue weighted by molar-refractivity contribution is -0.116. The molecular formula is C16H15N3O2. The third kappa shape index (κ3) is 3.08. The topological polar surface area (TPSA) is 71.1 Å². The molecule has 3 rings (SSSR count). The molecule has 0 bridgehead atoms. The highest BCUT2D eigenvalue weighted by molar-refractivity contribution is 5.97. The van der Waals surface area contributed by atoms with Crippen LogP contribution in [0.25, 0.3) is 0 Å². The Balaban J connectivity index is 1.60. The zero-order valence-electron chi connectivity index (χ0n) is 11.4. The van der Waals surface area contributed by atoms with Crippen LogP contribution in [-0.2, 0) is 17.8 Å². The van der Waals surface area contributed by atoms with Crippen LogP contribution < -0.4 is 10.6 Å². The molecular weight excluding hydrogens is 266 g/mol. The molecule has 5 nitrogen and oxygen atoms in total. The molecule has 0 fully saturated rings. The number of amides is 2. The molecule has 106 valence electrons. The number of anilines is 1. The van der Waals surface area contributed by atoms with Crippen molar-refractivity contribution in [2.75, 3.05) is 5.32 Å². The van der Waals surface area contributed by atoms with Gasteiger partial charge in [0, 0.05) is 18.5 Å². The van der Waals surface area contributed by atoms with E-state index in [1.807, 2.05) is 36.4 Å². The maximum Gasteiger partial charge on any atom is 0.270 e. The summed E-state index contributed by atoms with van der Waals surface area (Å²) in [6, 6.07) is 13.4. The van der Waals surface area contributed by atoms with Gasteiger partial charge in [0.25, 0.3) is 5.91 Å². The van der Waals surface area contributed by atoms with Crippen LogP contribution in [-0.4, -0.2) is 16.8 Å². The van der Waals surface area contributed by atoms with Crippen LogP contribution in [0.5, 0.6) is 0 Å². The number of hydrogen-bond donors (Lipinski definition) is 2. The fourth-order valence-corrected chi connectivity index (χ4v) is 2.26. The molecule has 2 heterocycles. The summed E-state index contributed by atoms with van der Waals surface area (Å²) in [5.74, 6) is 0.124. The third-order valence-corrected chi connectivity index (χ3v) is 3.38. The Bertz CT molecular complexity index is 683. The van der Waals surface area contributed by atoms with Crippen LogP contribution in [0, 0.1) is 0 Å². The van der Waals surface area contributed by atoms with Gasteiger partial charge >= 0.3 is 0 Å². The van der Waals surface area contributed by atoms with Crippen LogP contribution in [0.1, 0.15) is 28.0 Å². The Morgan fingerprint density at radius 1 is 1.19 bits per heavy atom. The van der Waals surface area contributed by atoms with Crippen molar-refractivity contribution in [2.24, 2.45) is 0 Å². The van der Waals surface area contributed by atoms with Crippen molar-refractivity contribution in [1.29, 1.82) is 0 Å². The highest BCUT2D eigenvalue weighted by atomic mass is 16.2. The van der Waals surface area contributed by atoms with Crippen molar-refractivity contribution in [3.8, 4) is 0 Å². The number of carbonyl (C=O) groups is 2. The fraction of sp³-hybridized carbons (Fsp3) is 0.188. The van der Waals surface area contributed by atoms with Gasteiger partial charge in [-0.15, -0.1) is 0 Å². The van der Waals surface area contributed by atoms with E-state index in [0.29, 0.717) is 30.9 Å². The predicted octanol–water partition coefficient (Wildman–Crippen LogP) is 1.90. The SMILES string of the molecule is O=C(CCc1ccccc1)Nc1ccc2c(n1)C(=O)NC2. The lowest BCUT2D eigenvalue weighted by atomic mass is 10.1. The van der Waals surface area contributed by atoms with E-state index in [1.165, 1.54) is 0 Å². The summed E-state index contributed by atoms with van der Waals surface area (Å²) >= 11 is 0. The average Bonchev–Trinajstić information content (AvgIpc) is 2.87. The summed E-state index contributed by atoms with van der Waals surface area (Å²) < 4.78 is 0. The molecule has 21 heavy (non-hydrogen) atoms. The minimum Gasteiger partial charge on any atom is -0.347 e. The Kier molecular flexibility index (Phi) is 3.64. The second-order valence-electron chi connectivity index (χ2n) is 4.92. The Hall–Kier alpha value is -2.69. The maximum absolute atomic E-state index is 11.9. The number of fused-ring (bicyclic) bond motifs is 1. The van der Waals surface area contributed by atoms with Crippen LogP contribution in [0.4, 0.5) is 5.82 Å². The number of benzene rings is 1. The van der Waals surface area contributed by atoms with E-state index >= 15 is 0 Å². The van der Waals surface area contributed by atoms with Crippen molar-refractivity contribution in [3.05, 3.63) is 59.3 Å². The van der Waals surface area contributed by atoms with Gasteiger partial charge in [-0.1, -0.05) is 36.4 Å². The molecule has 2 amide bonds. The summed E-state index contributed by atoms with van der Waals surface area (Å²) in [4.78, 5) is 27.6. The smallest absolute Gasteiger partial charge is 0.270 e. The van der Waals surface area contributed by atoms with Crippen LogP contribution in [0.2, 0.25) is 0 Å². The average molecular weight is 281 g/mol. The number of rotatable bonds is 4. The standard InChI is InChI=1S/C16H15N3O2/c20-14(9-6-11-4-2-1-3-5-11)18-13-8-7-12-10-17-16(21)15(12)19-13/h1-5,7-8H,6,9-10H2,(H,17,21)(H,18,19,20). The van der Waals surface area contributed by atoms with E-state index in [0.717, 1.165) is 11.1 Å². The van der Waals surface area contributed by atoms with Gasteiger partial charge in [0.2, 0.25) is 5.91 Å². The largest absolute Gasteiger partial charge is 0.347 e. The normalized spacial score (nSPS) is 12.7. The summed E-state index contributed by atoms with van der Waals surface area (Å²) in [5.41, 5.74) is 2.38. The first-order valence-electron chi connectivity index (χ1n) is 6.84. The van der Waals surface area contributed by atoms with E-state index in [2.05, 4.69) is 15.6 Å². The zero-order valence-corrected chi connectivity index (χ0v) is 11.4. The van der Waals surface area contributed by atoms with E-state index in [-0.39, 0.29) is 11.8 Å². The number of hydrogen-bond acceptors (Lipinski definition) is 3. The molecule has 1 aliphatic heterocycles. The first kappa shape index (κ1) is 13.3. The van der Waals surface area contributed by atoms with Crippen molar-refractivity contribution < 1.29 is 9.59 Å².